The quantitative estimate of drug-likeness (QED) is 0.569. The number of hydrogen-bond donors (Lipinski definition) is 3. The number of nitrogens with zero attached hydrogens (tertiary/aromatic N) is 1. The maximum absolute atomic E-state index is 13.0. The lowest BCUT2D eigenvalue weighted by molar-refractivity contribution is -0.140. The number of halogens is 2. The van der Waals surface area contributed by atoms with E-state index in [-0.39, 0.29) is 10.6 Å². The molecule has 0 bridgehead atoms. The molecule has 0 aliphatic rings. The second kappa shape index (κ2) is 7.26. The molecule has 0 saturated heterocycles. The van der Waals surface area contributed by atoms with Crippen LogP contribution in [-0.4, -0.2) is 23.0 Å². The number of amides is 1. The van der Waals surface area contributed by atoms with Crippen LogP contribution in [0.2, 0.25) is 5.02 Å². The summed E-state index contributed by atoms with van der Waals surface area (Å²) >= 11 is 5.58. The number of nitrogens with one attached hydrogen (secondary N) is 2. The van der Waals surface area contributed by atoms with Crippen LogP contribution >= 0.6 is 11.6 Å². The molecule has 1 atom stereocenters. The van der Waals surface area contributed by atoms with E-state index in [4.69, 9.17) is 22.0 Å². The fraction of sp³-hybridized carbons (Fsp3) is 0.154. The minimum Gasteiger partial charge on any atom is -0.480 e. The maximum Gasteiger partial charge on any atom is 0.325 e. The Kier molecular flexibility index (Phi) is 5.69. The molecule has 0 aromatic heterocycles. The minimum atomic E-state index is -1.22. The van der Waals surface area contributed by atoms with Gasteiger partial charge in [-0.2, -0.15) is 5.26 Å². The molecule has 0 spiro atoms. The smallest absolute Gasteiger partial charge is 0.325 e. The van der Waals surface area contributed by atoms with Crippen molar-refractivity contribution in [2.24, 2.45) is 0 Å². The molecule has 1 unspecified atom stereocenters. The Morgan fingerprint density at radius 2 is 2.19 bits per heavy atom. The number of carbonyl (C=O) groups is 2. The molecule has 1 aromatic rings. The van der Waals surface area contributed by atoms with Gasteiger partial charge in [0.15, 0.2) is 0 Å². The van der Waals surface area contributed by atoms with Gasteiger partial charge in [-0.15, -0.1) is 0 Å². The number of nitriles is 1. The predicted octanol–water partition coefficient (Wildman–Crippen LogP) is 1.89. The van der Waals surface area contributed by atoms with E-state index in [0.717, 1.165) is 12.3 Å². The number of hydrogen-bond acceptors (Lipinski definition) is 4. The van der Waals surface area contributed by atoms with Gasteiger partial charge in [-0.05, 0) is 25.1 Å². The largest absolute Gasteiger partial charge is 0.480 e. The van der Waals surface area contributed by atoms with Crippen molar-refractivity contribution in [3.05, 3.63) is 40.8 Å². The van der Waals surface area contributed by atoms with Gasteiger partial charge in [-0.25, -0.2) is 4.39 Å². The third kappa shape index (κ3) is 4.78. The van der Waals surface area contributed by atoms with E-state index >= 15 is 0 Å². The number of carboxylic acid groups (broad SMARTS) is 1. The number of rotatable bonds is 5. The molecule has 0 fully saturated rings. The maximum atomic E-state index is 13.0. The Morgan fingerprint density at radius 1 is 1.52 bits per heavy atom. The first kappa shape index (κ1) is 16.5. The first-order valence-corrected chi connectivity index (χ1v) is 6.08. The molecule has 21 heavy (non-hydrogen) atoms. The number of benzene rings is 1. The SMILES string of the molecule is CC(NC(=O)/C(C#N)=C\Nc1ccc(F)c(Cl)c1)C(=O)O. The van der Waals surface area contributed by atoms with Gasteiger partial charge >= 0.3 is 5.97 Å². The molecule has 0 radical (unpaired) electrons. The molecule has 1 aromatic carbocycles. The Morgan fingerprint density at radius 3 is 2.71 bits per heavy atom. The summed E-state index contributed by atoms with van der Waals surface area (Å²) in [6.45, 7) is 1.27. The molecule has 0 saturated carbocycles. The molecule has 3 N–H and O–H groups in total. The highest BCUT2D eigenvalue weighted by molar-refractivity contribution is 6.31. The zero-order valence-corrected chi connectivity index (χ0v) is 11.6. The van der Waals surface area contributed by atoms with Crippen LogP contribution in [0.25, 0.3) is 0 Å². The second-order valence-corrected chi connectivity index (χ2v) is 4.38. The number of carboxylic acids is 1. The van der Waals surface area contributed by atoms with Crippen LogP contribution in [0.3, 0.4) is 0 Å². The van der Waals surface area contributed by atoms with E-state index in [9.17, 15) is 14.0 Å². The first-order valence-electron chi connectivity index (χ1n) is 5.70. The number of anilines is 1. The second-order valence-electron chi connectivity index (χ2n) is 3.98. The van der Waals surface area contributed by atoms with Crippen molar-refractivity contribution in [1.29, 1.82) is 5.26 Å². The summed E-state index contributed by atoms with van der Waals surface area (Å²) in [5, 5.41) is 22.2. The van der Waals surface area contributed by atoms with Crippen LogP contribution in [0.4, 0.5) is 10.1 Å². The third-order valence-electron chi connectivity index (χ3n) is 2.39. The predicted molar refractivity (Wildman–Crippen MR) is 74.0 cm³/mol. The van der Waals surface area contributed by atoms with Gasteiger partial charge in [0.05, 0.1) is 5.02 Å². The number of carbonyl (C=O) groups excluding carboxylic acids is 1. The molecule has 1 rings (SSSR count). The van der Waals surface area contributed by atoms with Gasteiger partial charge in [-0.1, -0.05) is 11.6 Å². The van der Waals surface area contributed by atoms with Crippen LogP contribution in [0.1, 0.15) is 6.92 Å². The summed E-state index contributed by atoms with van der Waals surface area (Å²) in [5.41, 5.74) is 0.0387. The standard InChI is InChI=1S/C13H11ClFN3O3/c1-7(13(20)21)18-12(19)8(5-16)6-17-9-2-3-11(15)10(14)4-9/h2-4,6-7,17H,1H3,(H,18,19)(H,20,21)/b8-6-. The van der Waals surface area contributed by atoms with Crippen LogP contribution in [0.15, 0.2) is 30.0 Å². The summed E-state index contributed by atoms with van der Waals surface area (Å²) in [4.78, 5) is 22.3. The monoisotopic (exact) mass is 311 g/mol. The van der Waals surface area contributed by atoms with Gasteiger partial charge in [0.25, 0.3) is 5.91 Å². The molecular formula is C13H11ClFN3O3. The van der Waals surface area contributed by atoms with Gasteiger partial charge in [0.2, 0.25) is 0 Å². The Labute approximate surface area is 124 Å². The Hall–Kier alpha value is -2.59. The van der Waals surface area contributed by atoms with Crippen molar-refractivity contribution in [1.82, 2.24) is 5.32 Å². The average molecular weight is 312 g/mol. The highest BCUT2D eigenvalue weighted by Gasteiger charge is 2.16. The third-order valence-corrected chi connectivity index (χ3v) is 2.68. The molecule has 8 heteroatoms. The minimum absolute atomic E-state index is 0.115. The summed E-state index contributed by atoms with van der Waals surface area (Å²) < 4.78 is 13.0. The molecular weight excluding hydrogens is 301 g/mol. The normalized spacial score (nSPS) is 12.2. The van der Waals surface area contributed by atoms with Gasteiger partial charge in [0.1, 0.15) is 23.5 Å². The van der Waals surface area contributed by atoms with Crippen molar-refractivity contribution in [2.45, 2.75) is 13.0 Å². The molecule has 0 aliphatic carbocycles. The van der Waals surface area contributed by atoms with E-state index in [1.54, 1.807) is 6.07 Å². The topological polar surface area (TPSA) is 102 Å². The summed E-state index contributed by atoms with van der Waals surface area (Å²) in [5.74, 6) is -2.66. The molecule has 110 valence electrons. The van der Waals surface area contributed by atoms with E-state index in [1.165, 1.54) is 19.1 Å². The summed E-state index contributed by atoms with van der Waals surface area (Å²) in [6, 6.07) is 4.26. The van der Waals surface area contributed by atoms with E-state index in [1.807, 2.05) is 0 Å². The number of aliphatic carboxylic acids is 1. The zero-order chi connectivity index (χ0) is 16.0. The Balaban J connectivity index is 2.80. The van der Waals surface area contributed by atoms with Crippen molar-refractivity contribution < 1.29 is 19.1 Å². The van der Waals surface area contributed by atoms with Gasteiger partial charge < -0.3 is 15.7 Å². The lowest BCUT2D eigenvalue weighted by Crippen LogP contribution is -2.39. The van der Waals surface area contributed by atoms with Crippen molar-refractivity contribution in [2.75, 3.05) is 5.32 Å². The highest BCUT2D eigenvalue weighted by atomic mass is 35.5. The summed E-state index contributed by atoms with van der Waals surface area (Å²) in [6.07, 6.45) is 1.08. The van der Waals surface area contributed by atoms with Crippen LogP contribution in [0.5, 0.6) is 0 Å². The van der Waals surface area contributed by atoms with Crippen molar-refractivity contribution in [3.63, 3.8) is 0 Å². The molecule has 0 heterocycles. The highest BCUT2D eigenvalue weighted by Crippen LogP contribution is 2.19. The van der Waals surface area contributed by atoms with E-state index in [2.05, 4.69) is 10.6 Å². The van der Waals surface area contributed by atoms with Gasteiger partial charge in [0, 0.05) is 11.9 Å². The van der Waals surface area contributed by atoms with Crippen molar-refractivity contribution in [3.8, 4) is 6.07 Å². The fourth-order valence-corrected chi connectivity index (χ4v) is 1.41. The zero-order valence-electron chi connectivity index (χ0n) is 10.9. The van der Waals surface area contributed by atoms with Crippen LogP contribution in [-0.2, 0) is 9.59 Å². The fourth-order valence-electron chi connectivity index (χ4n) is 1.23. The van der Waals surface area contributed by atoms with Gasteiger partial charge in [-0.3, -0.25) is 9.59 Å². The molecule has 1 amide bonds. The van der Waals surface area contributed by atoms with Crippen LogP contribution < -0.4 is 10.6 Å². The van der Waals surface area contributed by atoms with Crippen LogP contribution in [0, 0.1) is 17.1 Å². The Bertz CT molecular complexity index is 640. The van der Waals surface area contributed by atoms with E-state index < -0.39 is 23.7 Å². The van der Waals surface area contributed by atoms with Crippen molar-refractivity contribution >= 4 is 29.2 Å². The lowest BCUT2D eigenvalue weighted by Gasteiger charge is -2.08. The average Bonchev–Trinajstić information content (AvgIpc) is 2.43. The molecule has 6 nitrogen and oxygen atoms in total. The van der Waals surface area contributed by atoms with E-state index in [0.29, 0.717) is 5.69 Å². The lowest BCUT2D eigenvalue weighted by atomic mass is 10.2. The molecule has 0 aliphatic heterocycles. The first-order chi connectivity index (χ1) is 9.85. The summed E-state index contributed by atoms with van der Waals surface area (Å²) in [7, 11) is 0.